The van der Waals surface area contributed by atoms with Crippen LogP contribution in [-0.2, 0) is 11.2 Å². The predicted octanol–water partition coefficient (Wildman–Crippen LogP) is 2.02. The third kappa shape index (κ3) is 2.90. The van der Waals surface area contributed by atoms with Crippen molar-refractivity contribution in [2.45, 2.75) is 13.3 Å². The summed E-state index contributed by atoms with van der Waals surface area (Å²) >= 11 is 0. The van der Waals surface area contributed by atoms with E-state index in [9.17, 15) is 9.90 Å². The molecule has 1 aliphatic heterocycles. The van der Waals surface area contributed by atoms with Crippen LogP contribution in [0.1, 0.15) is 12.5 Å². The summed E-state index contributed by atoms with van der Waals surface area (Å²) in [7, 11) is 0. The minimum Gasteiger partial charge on any atom is -0.508 e. The largest absolute Gasteiger partial charge is 0.508 e. The molecule has 0 radical (unpaired) electrons. The second-order valence-electron chi connectivity index (χ2n) is 4.34. The lowest BCUT2D eigenvalue weighted by molar-refractivity contribution is 0.0570. The maximum atomic E-state index is 11.3. The van der Waals surface area contributed by atoms with Crippen LogP contribution in [0.5, 0.6) is 5.75 Å². The number of nitrogens with zero attached hydrogens (tertiary/aromatic N) is 1. The van der Waals surface area contributed by atoms with Gasteiger partial charge in [0.1, 0.15) is 5.75 Å². The van der Waals surface area contributed by atoms with Crippen LogP contribution in [-0.4, -0.2) is 35.8 Å². The first-order valence-corrected chi connectivity index (χ1v) is 5.88. The predicted molar refractivity (Wildman–Crippen MR) is 63.9 cm³/mol. The molecular weight excluding hydrogens is 218 g/mol. The zero-order chi connectivity index (χ0) is 12.3. The number of phenolic OH excluding ortho intramolecular Hbond substituents is 1. The van der Waals surface area contributed by atoms with Gasteiger partial charge in [0.25, 0.3) is 0 Å². The topological polar surface area (TPSA) is 49.8 Å². The Kier molecular flexibility index (Phi) is 3.52. The second kappa shape index (κ2) is 5.08. The van der Waals surface area contributed by atoms with Gasteiger partial charge in [-0.1, -0.05) is 12.1 Å². The van der Waals surface area contributed by atoms with E-state index < -0.39 is 0 Å². The molecule has 4 nitrogen and oxygen atoms in total. The molecule has 0 unspecified atom stereocenters. The normalized spacial score (nSPS) is 15.5. The molecule has 0 aromatic heterocycles. The van der Waals surface area contributed by atoms with Crippen molar-refractivity contribution in [3.63, 3.8) is 0 Å². The van der Waals surface area contributed by atoms with Crippen LogP contribution in [0.25, 0.3) is 0 Å². The zero-order valence-electron chi connectivity index (χ0n) is 9.93. The highest BCUT2D eigenvalue weighted by Gasteiger charge is 2.31. The molecule has 1 saturated heterocycles. The SMILES string of the molecule is CCOC(=O)N1CC(Cc2cccc(O)c2)C1. The van der Waals surface area contributed by atoms with E-state index in [4.69, 9.17) is 4.74 Å². The maximum absolute atomic E-state index is 11.3. The molecule has 92 valence electrons. The van der Waals surface area contributed by atoms with E-state index in [2.05, 4.69) is 0 Å². The van der Waals surface area contributed by atoms with Gasteiger partial charge in [0.2, 0.25) is 0 Å². The Balaban J connectivity index is 1.79. The van der Waals surface area contributed by atoms with E-state index in [0.717, 1.165) is 25.1 Å². The summed E-state index contributed by atoms with van der Waals surface area (Å²) in [6.07, 6.45) is 0.671. The van der Waals surface area contributed by atoms with E-state index in [-0.39, 0.29) is 6.09 Å². The van der Waals surface area contributed by atoms with Gasteiger partial charge in [0.05, 0.1) is 6.61 Å². The molecule has 0 atom stereocenters. The van der Waals surface area contributed by atoms with Crippen molar-refractivity contribution < 1.29 is 14.6 Å². The number of hydrogen-bond acceptors (Lipinski definition) is 3. The minimum absolute atomic E-state index is 0.223. The Morgan fingerprint density at radius 3 is 2.94 bits per heavy atom. The summed E-state index contributed by atoms with van der Waals surface area (Å²) in [5.74, 6) is 0.769. The van der Waals surface area contributed by atoms with Crippen molar-refractivity contribution >= 4 is 6.09 Å². The maximum Gasteiger partial charge on any atom is 0.409 e. The molecule has 0 aliphatic carbocycles. The van der Waals surface area contributed by atoms with Gasteiger partial charge >= 0.3 is 6.09 Å². The molecule has 17 heavy (non-hydrogen) atoms. The lowest BCUT2D eigenvalue weighted by Crippen LogP contribution is -2.50. The first-order valence-electron chi connectivity index (χ1n) is 5.88. The van der Waals surface area contributed by atoms with Crippen molar-refractivity contribution in [1.82, 2.24) is 4.90 Å². The minimum atomic E-state index is -0.223. The summed E-state index contributed by atoms with van der Waals surface area (Å²) in [4.78, 5) is 13.0. The Morgan fingerprint density at radius 2 is 2.29 bits per heavy atom. The van der Waals surface area contributed by atoms with E-state index in [1.807, 2.05) is 19.1 Å². The summed E-state index contributed by atoms with van der Waals surface area (Å²) in [6.45, 7) is 3.72. The van der Waals surface area contributed by atoms with Gasteiger partial charge in [-0.25, -0.2) is 4.79 Å². The van der Waals surface area contributed by atoms with Crippen molar-refractivity contribution in [3.8, 4) is 5.75 Å². The molecule has 0 saturated carbocycles. The van der Waals surface area contributed by atoms with Crippen LogP contribution >= 0.6 is 0 Å². The smallest absolute Gasteiger partial charge is 0.409 e. The third-order valence-corrected chi connectivity index (χ3v) is 2.92. The summed E-state index contributed by atoms with van der Waals surface area (Å²) in [6, 6.07) is 7.27. The molecule has 1 fully saturated rings. The number of benzene rings is 1. The summed E-state index contributed by atoms with van der Waals surface area (Å²) in [5, 5.41) is 9.34. The highest BCUT2D eigenvalue weighted by atomic mass is 16.6. The van der Waals surface area contributed by atoms with Gasteiger partial charge in [0, 0.05) is 13.1 Å². The van der Waals surface area contributed by atoms with E-state index in [1.165, 1.54) is 0 Å². The van der Waals surface area contributed by atoms with Gasteiger partial charge < -0.3 is 14.7 Å². The molecule has 0 bridgehead atoms. The standard InChI is InChI=1S/C13H17NO3/c1-2-17-13(16)14-8-11(9-14)6-10-4-3-5-12(15)7-10/h3-5,7,11,15H,2,6,8-9H2,1H3. The number of likely N-dealkylation sites (tertiary alicyclic amines) is 1. The Labute approximate surface area is 101 Å². The molecule has 1 aromatic carbocycles. The molecule has 1 amide bonds. The quantitative estimate of drug-likeness (QED) is 0.872. The van der Waals surface area contributed by atoms with Crippen LogP contribution in [0.3, 0.4) is 0 Å². The van der Waals surface area contributed by atoms with E-state index in [1.54, 1.807) is 17.0 Å². The average Bonchev–Trinajstić information content (AvgIpc) is 2.23. The fourth-order valence-corrected chi connectivity index (χ4v) is 2.08. The second-order valence-corrected chi connectivity index (χ2v) is 4.34. The number of amides is 1. The van der Waals surface area contributed by atoms with Crippen molar-refractivity contribution in [2.24, 2.45) is 5.92 Å². The van der Waals surface area contributed by atoms with E-state index >= 15 is 0 Å². The number of aromatic hydroxyl groups is 1. The summed E-state index contributed by atoms with van der Waals surface area (Å²) < 4.78 is 4.91. The Hall–Kier alpha value is -1.71. The molecule has 1 heterocycles. The van der Waals surface area contributed by atoms with Gasteiger partial charge in [-0.15, -0.1) is 0 Å². The fourth-order valence-electron chi connectivity index (χ4n) is 2.08. The number of ether oxygens (including phenoxy) is 1. The van der Waals surface area contributed by atoms with Crippen molar-refractivity contribution in [2.75, 3.05) is 19.7 Å². The number of carbonyl (C=O) groups is 1. The van der Waals surface area contributed by atoms with Crippen molar-refractivity contribution in [3.05, 3.63) is 29.8 Å². The zero-order valence-corrected chi connectivity index (χ0v) is 9.93. The molecule has 0 spiro atoms. The molecule has 4 heteroatoms. The van der Waals surface area contributed by atoms with E-state index in [0.29, 0.717) is 18.3 Å². The number of hydrogen-bond donors (Lipinski definition) is 1. The number of rotatable bonds is 3. The van der Waals surface area contributed by atoms with Gasteiger partial charge in [0.15, 0.2) is 0 Å². The van der Waals surface area contributed by atoms with Gasteiger partial charge in [-0.3, -0.25) is 0 Å². The van der Waals surface area contributed by atoms with Crippen LogP contribution in [0, 0.1) is 5.92 Å². The number of phenols is 1. The Morgan fingerprint density at radius 1 is 1.53 bits per heavy atom. The average molecular weight is 235 g/mol. The summed E-state index contributed by atoms with van der Waals surface area (Å²) in [5.41, 5.74) is 1.11. The van der Waals surface area contributed by atoms with Crippen LogP contribution in [0.2, 0.25) is 0 Å². The number of carbonyl (C=O) groups excluding carboxylic acids is 1. The van der Waals surface area contributed by atoms with Gasteiger partial charge in [-0.2, -0.15) is 0 Å². The molecular formula is C13H17NO3. The highest BCUT2D eigenvalue weighted by Crippen LogP contribution is 2.22. The molecule has 1 aromatic rings. The first kappa shape index (κ1) is 11.8. The lowest BCUT2D eigenvalue weighted by atomic mass is 9.92. The molecule has 1 N–H and O–H groups in total. The molecule has 1 aliphatic rings. The third-order valence-electron chi connectivity index (χ3n) is 2.92. The van der Waals surface area contributed by atoms with Gasteiger partial charge in [-0.05, 0) is 37.0 Å². The lowest BCUT2D eigenvalue weighted by Gasteiger charge is -2.38. The van der Waals surface area contributed by atoms with Crippen LogP contribution in [0.4, 0.5) is 4.79 Å². The van der Waals surface area contributed by atoms with Crippen LogP contribution in [0.15, 0.2) is 24.3 Å². The fraction of sp³-hybridized carbons (Fsp3) is 0.462. The van der Waals surface area contributed by atoms with Crippen molar-refractivity contribution in [1.29, 1.82) is 0 Å². The Bertz CT molecular complexity index is 399. The monoisotopic (exact) mass is 235 g/mol. The van der Waals surface area contributed by atoms with Crippen LogP contribution < -0.4 is 0 Å². The first-order chi connectivity index (χ1) is 8.19. The molecule has 2 rings (SSSR count). The highest BCUT2D eigenvalue weighted by molar-refractivity contribution is 5.68.